The third kappa shape index (κ3) is 10.2. The zero-order valence-electron chi connectivity index (χ0n) is 26.5. The van der Waals surface area contributed by atoms with Gasteiger partial charge in [0.25, 0.3) is 0 Å². The van der Waals surface area contributed by atoms with Gasteiger partial charge in [-0.25, -0.2) is 0 Å². The fraction of sp³-hybridized carbons (Fsp3) is 1.00. The molecule has 0 saturated heterocycles. The molecule has 39 heavy (non-hydrogen) atoms. The van der Waals surface area contributed by atoms with Gasteiger partial charge < -0.3 is 30.6 Å². The van der Waals surface area contributed by atoms with E-state index in [9.17, 15) is 30.6 Å². The van der Waals surface area contributed by atoms with Crippen LogP contribution in [0, 0.1) is 28.1 Å². The van der Waals surface area contributed by atoms with E-state index in [4.69, 9.17) is 0 Å². The van der Waals surface area contributed by atoms with E-state index in [1.165, 1.54) is 83.5 Å². The number of hydrogen-bond donors (Lipinski definition) is 6. The fourth-order valence-corrected chi connectivity index (χ4v) is 7.61. The first-order chi connectivity index (χ1) is 18.7. The number of aliphatic hydroxyl groups excluding tert-OH is 6. The van der Waals surface area contributed by atoms with Gasteiger partial charge in [-0.2, -0.15) is 0 Å². The average molecular weight is 561 g/mol. The summed E-state index contributed by atoms with van der Waals surface area (Å²) < 4.78 is 0. The lowest BCUT2D eigenvalue weighted by molar-refractivity contribution is -0.251. The van der Waals surface area contributed by atoms with Gasteiger partial charge in [0.05, 0.1) is 44.6 Å². The molecule has 0 bridgehead atoms. The van der Waals surface area contributed by atoms with Crippen molar-refractivity contribution < 1.29 is 30.6 Å². The van der Waals surface area contributed by atoms with E-state index in [-0.39, 0.29) is 25.0 Å². The van der Waals surface area contributed by atoms with Crippen LogP contribution in [-0.2, 0) is 0 Å². The van der Waals surface area contributed by atoms with Crippen LogP contribution in [0.2, 0.25) is 0 Å². The Morgan fingerprint density at radius 2 is 0.795 bits per heavy atom. The number of rotatable bonds is 27. The average Bonchev–Trinajstić information content (AvgIpc) is 2.93. The smallest absolute Gasteiger partial charge is 0.0876 e. The predicted molar refractivity (Wildman–Crippen MR) is 163 cm³/mol. The van der Waals surface area contributed by atoms with Crippen molar-refractivity contribution in [1.82, 2.24) is 0 Å². The molecular formula is C33H68O6. The third-order valence-corrected chi connectivity index (χ3v) is 10.2. The molecule has 0 aliphatic rings. The minimum absolute atomic E-state index is 0.181. The minimum Gasteiger partial charge on any atom is -0.396 e. The normalized spacial score (nSPS) is 15.3. The molecule has 6 heteroatoms. The lowest BCUT2D eigenvalue weighted by Gasteiger charge is -2.64. The summed E-state index contributed by atoms with van der Waals surface area (Å²) in [5.74, 6) is -0.365. The van der Waals surface area contributed by atoms with E-state index < -0.39 is 42.2 Å². The predicted octanol–water partition coefficient (Wildman–Crippen LogP) is 6.23. The van der Waals surface area contributed by atoms with Gasteiger partial charge in [-0.3, -0.25) is 0 Å². The highest BCUT2D eigenvalue weighted by Crippen LogP contribution is 2.63. The summed E-state index contributed by atoms with van der Waals surface area (Å²) in [5.41, 5.74) is -3.53. The number of aliphatic hydroxyl groups is 6. The molecule has 0 amide bonds. The summed E-state index contributed by atoms with van der Waals surface area (Å²) in [6.07, 6.45) is 19.3. The molecule has 0 spiro atoms. The van der Waals surface area contributed by atoms with E-state index >= 15 is 0 Å². The molecule has 0 aromatic heterocycles. The largest absolute Gasteiger partial charge is 0.396 e. The van der Waals surface area contributed by atoms with Crippen LogP contribution in [-0.4, -0.2) is 69.8 Å². The van der Waals surface area contributed by atoms with Crippen molar-refractivity contribution in [1.29, 1.82) is 0 Å². The minimum atomic E-state index is -1.47. The zero-order chi connectivity index (χ0) is 29.8. The molecule has 0 radical (unpaired) electrons. The van der Waals surface area contributed by atoms with E-state index in [1.54, 1.807) is 0 Å². The highest BCUT2D eigenvalue weighted by atomic mass is 16.3. The summed E-state index contributed by atoms with van der Waals surface area (Å²) in [5, 5.41) is 63.6. The Balaban J connectivity index is 5.00. The maximum atomic E-state index is 11.0. The van der Waals surface area contributed by atoms with Crippen molar-refractivity contribution in [2.45, 2.75) is 150 Å². The molecule has 0 aliphatic carbocycles. The summed E-state index contributed by atoms with van der Waals surface area (Å²) in [4.78, 5) is 0. The van der Waals surface area contributed by atoms with Crippen LogP contribution >= 0.6 is 0 Å². The lowest BCUT2D eigenvalue weighted by atomic mass is 9.41. The van der Waals surface area contributed by atoms with Gasteiger partial charge in [0.1, 0.15) is 0 Å². The molecule has 0 saturated carbocycles. The molecule has 2 unspecified atom stereocenters. The molecule has 0 aromatic rings. The molecule has 0 heterocycles. The van der Waals surface area contributed by atoms with Crippen molar-refractivity contribution in [2.75, 3.05) is 33.0 Å². The van der Waals surface area contributed by atoms with Gasteiger partial charge in [0, 0.05) is 5.41 Å². The third-order valence-electron chi connectivity index (χ3n) is 10.2. The molecule has 0 rings (SSSR count). The first-order valence-electron chi connectivity index (χ1n) is 16.4. The van der Waals surface area contributed by atoms with Gasteiger partial charge in [-0.15, -0.1) is 0 Å². The highest BCUT2D eigenvalue weighted by molar-refractivity contribution is 5.13. The Bertz CT molecular complexity index is 558. The van der Waals surface area contributed by atoms with Gasteiger partial charge in [0.2, 0.25) is 0 Å². The Morgan fingerprint density at radius 3 is 1.05 bits per heavy atom. The Morgan fingerprint density at radius 1 is 0.462 bits per heavy atom. The molecule has 2 atom stereocenters. The second-order valence-corrected chi connectivity index (χ2v) is 13.0. The molecule has 0 aliphatic heterocycles. The van der Waals surface area contributed by atoms with Crippen molar-refractivity contribution in [3.05, 3.63) is 0 Å². The molecule has 236 valence electrons. The van der Waals surface area contributed by atoms with Crippen LogP contribution in [0.25, 0.3) is 0 Å². The molecular weight excluding hydrogens is 492 g/mol. The van der Waals surface area contributed by atoms with E-state index in [0.717, 1.165) is 19.3 Å². The van der Waals surface area contributed by atoms with Crippen LogP contribution in [0.5, 0.6) is 0 Å². The second kappa shape index (κ2) is 21.5. The lowest BCUT2D eigenvalue weighted by Crippen LogP contribution is -2.68. The first-order valence-corrected chi connectivity index (χ1v) is 16.4. The van der Waals surface area contributed by atoms with E-state index in [2.05, 4.69) is 6.92 Å². The Hall–Kier alpha value is -0.240. The van der Waals surface area contributed by atoms with Gasteiger partial charge in [-0.1, -0.05) is 137 Å². The number of hydrogen-bond acceptors (Lipinski definition) is 6. The van der Waals surface area contributed by atoms with Crippen molar-refractivity contribution in [3.63, 3.8) is 0 Å². The van der Waals surface area contributed by atoms with E-state index in [1.807, 2.05) is 27.7 Å². The fourth-order valence-electron chi connectivity index (χ4n) is 7.61. The second-order valence-electron chi connectivity index (χ2n) is 13.0. The Labute approximate surface area is 241 Å². The number of unbranched alkanes of at least 4 members (excludes halogenated alkanes) is 15. The summed E-state index contributed by atoms with van der Waals surface area (Å²) in [6.45, 7) is 7.70. The SMILES string of the molecule is CCCCCCCCCCCCCCCCCCC(C(C)C)(C(CO)(CO)C(C)C)C(CO)(CO)C(O)CO. The topological polar surface area (TPSA) is 121 Å². The van der Waals surface area contributed by atoms with Crippen LogP contribution in [0.4, 0.5) is 0 Å². The van der Waals surface area contributed by atoms with Crippen molar-refractivity contribution in [2.24, 2.45) is 28.1 Å². The Kier molecular flexibility index (Phi) is 21.3. The quantitative estimate of drug-likeness (QED) is 0.0662. The highest BCUT2D eigenvalue weighted by Gasteiger charge is 2.66. The standard InChI is InChI=1S/C33H68O6/c1-6-7-8-9-10-11-12-13-14-15-16-17-18-19-20-21-22-33(29(4)5,31(24-35,25-36)28(2)3)32(26-37,27-38)30(39)23-34/h28-30,34-39H,6-27H2,1-5H3. The van der Waals surface area contributed by atoms with Gasteiger partial charge >= 0.3 is 0 Å². The monoisotopic (exact) mass is 561 g/mol. The van der Waals surface area contributed by atoms with Gasteiger partial charge in [0.15, 0.2) is 0 Å². The first kappa shape index (κ1) is 38.8. The summed E-state index contributed by atoms with van der Waals surface area (Å²) in [7, 11) is 0. The summed E-state index contributed by atoms with van der Waals surface area (Å²) >= 11 is 0. The summed E-state index contributed by atoms with van der Waals surface area (Å²) in [6, 6.07) is 0. The van der Waals surface area contributed by atoms with Crippen molar-refractivity contribution in [3.8, 4) is 0 Å². The van der Waals surface area contributed by atoms with Crippen LogP contribution in [0.1, 0.15) is 144 Å². The molecule has 0 aromatic carbocycles. The van der Waals surface area contributed by atoms with Crippen LogP contribution < -0.4 is 0 Å². The maximum absolute atomic E-state index is 11.0. The van der Waals surface area contributed by atoms with Crippen molar-refractivity contribution >= 4 is 0 Å². The van der Waals surface area contributed by atoms with Crippen LogP contribution in [0.3, 0.4) is 0 Å². The molecule has 6 N–H and O–H groups in total. The zero-order valence-corrected chi connectivity index (χ0v) is 26.5. The molecule has 6 nitrogen and oxygen atoms in total. The van der Waals surface area contributed by atoms with E-state index in [0.29, 0.717) is 6.42 Å². The van der Waals surface area contributed by atoms with Crippen LogP contribution in [0.15, 0.2) is 0 Å². The van der Waals surface area contributed by atoms with Gasteiger partial charge in [-0.05, 0) is 23.7 Å². The maximum Gasteiger partial charge on any atom is 0.0876 e. The molecule has 0 fully saturated rings.